The van der Waals surface area contributed by atoms with Gasteiger partial charge in [-0.15, -0.1) is 10.2 Å². The van der Waals surface area contributed by atoms with Crippen LogP contribution in [-0.2, 0) is 4.74 Å². The molecule has 7 heteroatoms. The Bertz CT molecular complexity index is 705. The predicted octanol–water partition coefficient (Wildman–Crippen LogP) is 2.51. The van der Waals surface area contributed by atoms with Gasteiger partial charge in [-0.2, -0.15) is 0 Å². The highest BCUT2D eigenvalue weighted by molar-refractivity contribution is 5.92. The number of amides is 2. The second kappa shape index (κ2) is 7.21. The van der Waals surface area contributed by atoms with Gasteiger partial charge in [0, 0.05) is 27.2 Å². The van der Waals surface area contributed by atoms with Crippen LogP contribution in [0.15, 0.2) is 12.1 Å². The Hall–Kier alpha value is -2.44. The lowest BCUT2D eigenvalue weighted by Crippen LogP contribution is -2.39. The number of carbonyl (C=O) groups is 2. The lowest BCUT2D eigenvalue weighted by atomic mass is 10.0. The van der Waals surface area contributed by atoms with Crippen molar-refractivity contribution in [2.45, 2.75) is 39.7 Å². The molecule has 0 fully saturated rings. The molecule has 0 saturated heterocycles. The number of hydrogen-bond donors (Lipinski definition) is 0. The number of ether oxygens (including phenoxy) is 1. The van der Waals surface area contributed by atoms with Crippen LogP contribution in [-0.4, -0.2) is 64.8 Å². The first kappa shape index (κ1) is 18.9. The van der Waals surface area contributed by atoms with Gasteiger partial charge in [0.15, 0.2) is 5.69 Å². The van der Waals surface area contributed by atoms with Gasteiger partial charge in [-0.25, -0.2) is 4.79 Å². The summed E-state index contributed by atoms with van der Waals surface area (Å²) >= 11 is 0. The number of nitrogens with zero attached hydrogens (tertiary/aromatic N) is 4. The maximum Gasteiger partial charge on any atom is 0.410 e. The van der Waals surface area contributed by atoms with Crippen molar-refractivity contribution in [2.24, 2.45) is 0 Å². The minimum Gasteiger partial charge on any atom is -0.444 e. The van der Waals surface area contributed by atoms with Crippen LogP contribution >= 0.6 is 0 Å². The molecule has 7 nitrogen and oxygen atoms in total. The fourth-order valence-corrected chi connectivity index (χ4v) is 2.51. The van der Waals surface area contributed by atoms with Gasteiger partial charge >= 0.3 is 6.09 Å². The molecule has 2 rings (SSSR count). The maximum atomic E-state index is 12.1. The molecule has 1 aliphatic heterocycles. The van der Waals surface area contributed by atoms with Crippen molar-refractivity contribution in [3.63, 3.8) is 0 Å². The van der Waals surface area contributed by atoms with Crippen LogP contribution in [0.1, 0.15) is 48.9 Å². The van der Waals surface area contributed by atoms with Gasteiger partial charge in [0.05, 0.1) is 5.69 Å². The zero-order chi connectivity index (χ0) is 18.8. The highest BCUT2D eigenvalue weighted by atomic mass is 16.6. The topological polar surface area (TPSA) is 75.6 Å². The molecular formula is C18H26N4O3. The summed E-state index contributed by atoms with van der Waals surface area (Å²) in [7, 11) is 3.37. The molecule has 0 saturated carbocycles. The lowest BCUT2D eigenvalue weighted by molar-refractivity contribution is 0.0270. The summed E-state index contributed by atoms with van der Waals surface area (Å²) in [4.78, 5) is 27.2. The van der Waals surface area contributed by atoms with Gasteiger partial charge in [-0.05, 0) is 51.3 Å². The second-order valence-corrected chi connectivity index (χ2v) is 7.37. The molecule has 0 radical (unpaired) electrons. The Morgan fingerprint density at radius 3 is 2.40 bits per heavy atom. The summed E-state index contributed by atoms with van der Waals surface area (Å²) in [6, 6.07) is 1.76. The van der Waals surface area contributed by atoms with Gasteiger partial charge in [0.25, 0.3) is 5.91 Å². The Morgan fingerprint density at radius 1 is 1.24 bits per heavy atom. The van der Waals surface area contributed by atoms with Crippen molar-refractivity contribution in [1.29, 1.82) is 0 Å². The van der Waals surface area contributed by atoms with Crippen LogP contribution in [0.25, 0.3) is 5.57 Å². The Kier molecular flexibility index (Phi) is 5.45. The Balaban J connectivity index is 2.11. The van der Waals surface area contributed by atoms with E-state index < -0.39 is 5.60 Å². The lowest BCUT2D eigenvalue weighted by Gasteiger charge is -2.29. The first-order valence-corrected chi connectivity index (χ1v) is 8.32. The van der Waals surface area contributed by atoms with E-state index in [1.807, 2.05) is 33.8 Å². The fourth-order valence-electron chi connectivity index (χ4n) is 2.51. The molecule has 25 heavy (non-hydrogen) atoms. The molecule has 1 aromatic heterocycles. The molecule has 0 atom stereocenters. The van der Waals surface area contributed by atoms with E-state index in [1.54, 1.807) is 25.1 Å². The van der Waals surface area contributed by atoms with Crippen molar-refractivity contribution in [3.8, 4) is 0 Å². The first-order chi connectivity index (χ1) is 11.6. The van der Waals surface area contributed by atoms with E-state index in [0.29, 0.717) is 25.2 Å². The van der Waals surface area contributed by atoms with E-state index in [0.717, 1.165) is 16.8 Å². The molecule has 136 valence electrons. The highest BCUT2D eigenvalue weighted by Crippen LogP contribution is 2.24. The fraction of sp³-hybridized carbons (Fsp3) is 0.556. The van der Waals surface area contributed by atoms with E-state index in [-0.39, 0.29) is 12.0 Å². The van der Waals surface area contributed by atoms with Gasteiger partial charge in [0.2, 0.25) is 0 Å². The molecule has 0 N–H and O–H groups in total. The van der Waals surface area contributed by atoms with Crippen molar-refractivity contribution >= 4 is 17.6 Å². The summed E-state index contributed by atoms with van der Waals surface area (Å²) in [6.45, 7) is 8.52. The van der Waals surface area contributed by atoms with Crippen molar-refractivity contribution in [2.75, 3.05) is 27.2 Å². The van der Waals surface area contributed by atoms with Crippen molar-refractivity contribution in [3.05, 3.63) is 29.1 Å². The zero-order valence-corrected chi connectivity index (χ0v) is 15.8. The Morgan fingerprint density at radius 2 is 1.92 bits per heavy atom. The summed E-state index contributed by atoms with van der Waals surface area (Å²) in [5, 5.41) is 8.29. The second-order valence-electron chi connectivity index (χ2n) is 7.37. The van der Waals surface area contributed by atoms with Crippen molar-refractivity contribution in [1.82, 2.24) is 20.0 Å². The van der Waals surface area contributed by atoms with Crippen LogP contribution in [0, 0.1) is 6.92 Å². The number of hydrogen-bond acceptors (Lipinski definition) is 5. The summed E-state index contributed by atoms with van der Waals surface area (Å²) in [6.07, 6.45) is 2.34. The first-order valence-electron chi connectivity index (χ1n) is 8.32. The SMILES string of the molecule is Cc1cc(C(=O)N(C)C)nnc1C1=CCN(C(=O)OC(C)(C)C)CC1. The largest absolute Gasteiger partial charge is 0.444 e. The van der Waals surface area contributed by atoms with Crippen LogP contribution in [0.3, 0.4) is 0 Å². The summed E-state index contributed by atoms with van der Waals surface area (Å²) in [5.74, 6) is -0.170. The molecule has 1 aliphatic rings. The minimum absolute atomic E-state index is 0.170. The summed E-state index contributed by atoms with van der Waals surface area (Å²) in [5.41, 5.74) is 2.54. The van der Waals surface area contributed by atoms with Crippen LogP contribution in [0.2, 0.25) is 0 Å². The average molecular weight is 346 g/mol. The number of rotatable bonds is 2. The molecule has 2 amide bonds. The molecule has 0 aliphatic carbocycles. The normalized spacial score (nSPS) is 14.8. The molecule has 0 aromatic carbocycles. The third-order valence-electron chi connectivity index (χ3n) is 3.77. The third kappa shape index (κ3) is 4.78. The van der Waals surface area contributed by atoms with E-state index in [2.05, 4.69) is 10.2 Å². The third-order valence-corrected chi connectivity index (χ3v) is 3.77. The van der Waals surface area contributed by atoms with Crippen molar-refractivity contribution < 1.29 is 14.3 Å². The molecule has 2 heterocycles. The summed E-state index contributed by atoms with van der Waals surface area (Å²) < 4.78 is 5.39. The molecule has 0 bridgehead atoms. The Labute approximate surface area is 148 Å². The smallest absolute Gasteiger partial charge is 0.410 e. The van der Waals surface area contributed by atoms with Crippen LogP contribution in [0.4, 0.5) is 4.79 Å². The molecule has 0 unspecified atom stereocenters. The maximum absolute atomic E-state index is 12.1. The van der Waals surface area contributed by atoms with Gasteiger partial charge in [-0.1, -0.05) is 6.08 Å². The van der Waals surface area contributed by atoms with Gasteiger partial charge in [0.1, 0.15) is 5.60 Å². The molecular weight excluding hydrogens is 320 g/mol. The minimum atomic E-state index is -0.502. The standard InChI is InChI=1S/C18H26N4O3/c1-12-11-14(16(23)21(5)6)19-20-15(12)13-7-9-22(10-8-13)17(24)25-18(2,3)4/h7,11H,8-10H2,1-6H3. The van der Waals surface area contributed by atoms with E-state index in [1.165, 1.54) is 4.90 Å². The van der Waals surface area contributed by atoms with E-state index in [9.17, 15) is 9.59 Å². The van der Waals surface area contributed by atoms with E-state index >= 15 is 0 Å². The van der Waals surface area contributed by atoms with E-state index in [4.69, 9.17) is 4.74 Å². The zero-order valence-electron chi connectivity index (χ0n) is 15.8. The van der Waals surface area contributed by atoms with Crippen LogP contribution < -0.4 is 0 Å². The highest BCUT2D eigenvalue weighted by Gasteiger charge is 2.25. The number of aromatic nitrogens is 2. The number of aryl methyl sites for hydroxylation is 1. The average Bonchev–Trinajstić information content (AvgIpc) is 2.52. The van der Waals surface area contributed by atoms with Gasteiger partial charge < -0.3 is 14.5 Å². The monoisotopic (exact) mass is 346 g/mol. The van der Waals surface area contributed by atoms with Crippen LogP contribution in [0.5, 0.6) is 0 Å². The molecule has 0 spiro atoms. The van der Waals surface area contributed by atoms with Gasteiger partial charge in [-0.3, -0.25) is 4.79 Å². The quantitative estimate of drug-likeness (QED) is 0.822. The molecule has 1 aromatic rings. The number of carbonyl (C=O) groups excluding carboxylic acids is 2. The predicted molar refractivity (Wildman–Crippen MR) is 95.2 cm³/mol.